The SMILES string of the molecule is CC[C@H](NC(=O)NCC(=O)NCC(C)C)C(=O)O. The highest BCUT2D eigenvalue weighted by Crippen LogP contribution is 1.90. The van der Waals surface area contributed by atoms with E-state index in [4.69, 9.17) is 5.11 Å². The maximum atomic E-state index is 11.3. The molecule has 0 aliphatic heterocycles. The van der Waals surface area contributed by atoms with E-state index < -0.39 is 18.0 Å². The molecule has 0 aliphatic carbocycles. The van der Waals surface area contributed by atoms with E-state index in [0.29, 0.717) is 12.5 Å². The lowest BCUT2D eigenvalue weighted by Crippen LogP contribution is -2.48. The largest absolute Gasteiger partial charge is 0.480 e. The van der Waals surface area contributed by atoms with E-state index in [1.54, 1.807) is 6.92 Å². The molecule has 0 unspecified atom stereocenters. The summed E-state index contributed by atoms with van der Waals surface area (Å²) >= 11 is 0. The van der Waals surface area contributed by atoms with E-state index in [2.05, 4.69) is 16.0 Å². The van der Waals surface area contributed by atoms with Crippen LogP contribution in [-0.2, 0) is 9.59 Å². The smallest absolute Gasteiger partial charge is 0.326 e. The van der Waals surface area contributed by atoms with Crippen LogP contribution in [0.3, 0.4) is 0 Å². The first-order valence-corrected chi connectivity index (χ1v) is 5.90. The second kappa shape index (κ2) is 8.32. The zero-order valence-corrected chi connectivity index (χ0v) is 10.9. The molecule has 0 bridgehead atoms. The van der Waals surface area contributed by atoms with Gasteiger partial charge in [-0.05, 0) is 12.3 Å². The predicted octanol–water partition coefficient (Wildman–Crippen LogP) is -0.0790. The van der Waals surface area contributed by atoms with Gasteiger partial charge in [-0.1, -0.05) is 20.8 Å². The third kappa shape index (κ3) is 7.48. The first-order valence-electron chi connectivity index (χ1n) is 5.90. The number of carboxylic acid groups (broad SMARTS) is 1. The van der Waals surface area contributed by atoms with E-state index in [0.717, 1.165) is 0 Å². The Morgan fingerprint density at radius 2 is 1.78 bits per heavy atom. The van der Waals surface area contributed by atoms with Crippen LogP contribution in [0.4, 0.5) is 4.79 Å². The number of hydrogen-bond donors (Lipinski definition) is 4. The monoisotopic (exact) mass is 259 g/mol. The molecule has 7 nitrogen and oxygen atoms in total. The van der Waals surface area contributed by atoms with Gasteiger partial charge in [0.1, 0.15) is 6.04 Å². The van der Waals surface area contributed by atoms with Crippen molar-refractivity contribution in [3.05, 3.63) is 0 Å². The van der Waals surface area contributed by atoms with Crippen molar-refractivity contribution in [3.63, 3.8) is 0 Å². The highest BCUT2D eigenvalue weighted by Gasteiger charge is 2.17. The maximum Gasteiger partial charge on any atom is 0.326 e. The third-order valence-corrected chi connectivity index (χ3v) is 2.13. The number of aliphatic carboxylic acids is 1. The average Bonchev–Trinajstić information content (AvgIpc) is 2.30. The van der Waals surface area contributed by atoms with Gasteiger partial charge < -0.3 is 21.1 Å². The van der Waals surface area contributed by atoms with Crippen molar-refractivity contribution in [3.8, 4) is 0 Å². The minimum absolute atomic E-state index is 0.172. The summed E-state index contributed by atoms with van der Waals surface area (Å²) in [7, 11) is 0. The summed E-state index contributed by atoms with van der Waals surface area (Å²) in [5.74, 6) is -1.07. The van der Waals surface area contributed by atoms with Gasteiger partial charge in [-0.25, -0.2) is 9.59 Å². The van der Waals surface area contributed by atoms with Gasteiger partial charge in [0.25, 0.3) is 0 Å². The summed E-state index contributed by atoms with van der Waals surface area (Å²) in [6, 6.07) is -1.60. The van der Waals surface area contributed by atoms with Gasteiger partial charge in [-0.15, -0.1) is 0 Å². The Morgan fingerprint density at radius 3 is 2.22 bits per heavy atom. The highest BCUT2D eigenvalue weighted by molar-refractivity contribution is 5.86. The molecule has 0 radical (unpaired) electrons. The Morgan fingerprint density at radius 1 is 1.17 bits per heavy atom. The minimum Gasteiger partial charge on any atom is -0.480 e. The second-order valence-corrected chi connectivity index (χ2v) is 4.32. The van der Waals surface area contributed by atoms with E-state index in [-0.39, 0.29) is 18.9 Å². The molecule has 4 N–H and O–H groups in total. The van der Waals surface area contributed by atoms with Crippen molar-refractivity contribution in [2.75, 3.05) is 13.1 Å². The molecule has 1 atom stereocenters. The topological polar surface area (TPSA) is 108 Å². The maximum absolute atomic E-state index is 11.3. The summed E-state index contributed by atoms with van der Waals surface area (Å²) in [4.78, 5) is 33.2. The molecular formula is C11H21N3O4. The quantitative estimate of drug-likeness (QED) is 0.513. The fraction of sp³-hybridized carbons (Fsp3) is 0.727. The summed E-state index contributed by atoms with van der Waals surface area (Å²) < 4.78 is 0. The van der Waals surface area contributed by atoms with Crippen molar-refractivity contribution in [2.45, 2.75) is 33.2 Å². The molecule has 0 aromatic rings. The van der Waals surface area contributed by atoms with Gasteiger partial charge in [0.2, 0.25) is 5.91 Å². The van der Waals surface area contributed by atoms with E-state index in [1.165, 1.54) is 0 Å². The van der Waals surface area contributed by atoms with Crippen LogP contribution < -0.4 is 16.0 Å². The second-order valence-electron chi connectivity index (χ2n) is 4.32. The predicted molar refractivity (Wildman–Crippen MR) is 66.1 cm³/mol. The minimum atomic E-state index is -1.10. The highest BCUT2D eigenvalue weighted by atomic mass is 16.4. The Kier molecular flexibility index (Phi) is 7.50. The number of amides is 3. The van der Waals surface area contributed by atoms with Gasteiger partial charge >= 0.3 is 12.0 Å². The van der Waals surface area contributed by atoms with Gasteiger partial charge in [-0.2, -0.15) is 0 Å². The molecule has 0 heterocycles. The summed E-state index contributed by atoms with van der Waals surface area (Å²) in [6.45, 7) is 5.93. The molecule has 0 aromatic heterocycles. The molecule has 18 heavy (non-hydrogen) atoms. The van der Waals surface area contributed by atoms with E-state index >= 15 is 0 Å². The molecule has 7 heteroatoms. The third-order valence-electron chi connectivity index (χ3n) is 2.13. The fourth-order valence-electron chi connectivity index (χ4n) is 1.09. The first kappa shape index (κ1) is 16.2. The molecule has 104 valence electrons. The zero-order chi connectivity index (χ0) is 14.1. The van der Waals surface area contributed by atoms with E-state index in [1.807, 2.05) is 13.8 Å². The summed E-state index contributed by atoms with van der Waals surface area (Å²) in [5.41, 5.74) is 0. The van der Waals surface area contributed by atoms with Crippen LogP contribution in [0, 0.1) is 5.92 Å². The Balaban J connectivity index is 3.89. The summed E-state index contributed by atoms with van der Waals surface area (Å²) in [6.07, 6.45) is 0.280. The normalized spacial score (nSPS) is 11.8. The van der Waals surface area contributed by atoms with Crippen molar-refractivity contribution in [1.82, 2.24) is 16.0 Å². The zero-order valence-electron chi connectivity index (χ0n) is 10.9. The van der Waals surface area contributed by atoms with Crippen LogP contribution >= 0.6 is 0 Å². The van der Waals surface area contributed by atoms with E-state index in [9.17, 15) is 14.4 Å². The lowest BCUT2D eigenvalue weighted by Gasteiger charge is -2.13. The molecule has 0 rings (SSSR count). The van der Waals surface area contributed by atoms with Crippen LogP contribution in [0.2, 0.25) is 0 Å². The van der Waals surface area contributed by atoms with Crippen LogP contribution in [0.1, 0.15) is 27.2 Å². The van der Waals surface area contributed by atoms with Crippen molar-refractivity contribution in [1.29, 1.82) is 0 Å². The Hall–Kier alpha value is -1.79. The Labute approximate surface area is 106 Å². The molecule has 0 fully saturated rings. The number of rotatable bonds is 7. The Bertz CT molecular complexity index is 305. The standard InChI is InChI=1S/C11H21N3O4/c1-4-8(10(16)17)14-11(18)13-6-9(15)12-5-7(2)3/h7-8H,4-6H2,1-3H3,(H,12,15)(H,16,17)(H2,13,14,18)/t8-/m0/s1. The van der Waals surface area contributed by atoms with Crippen LogP contribution in [0.25, 0.3) is 0 Å². The fourth-order valence-corrected chi connectivity index (χ4v) is 1.09. The van der Waals surface area contributed by atoms with Crippen LogP contribution in [-0.4, -0.2) is 42.1 Å². The molecule has 0 saturated carbocycles. The van der Waals surface area contributed by atoms with Crippen molar-refractivity contribution in [2.24, 2.45) is 5.92 Å². The van der Waals surface area contributed by atoms with Crippen molar-refractivity contribution >= 4 is 17.9 Å². The number of urea groups is 1. The van der Waals surface area contributed by atoms with Gasteiger partial charge in [0.15, 0.2) is 0 Å². The van der Waals surface area contributed by atoms with Gasteiger partial charge in [0.05, 0.1) is 6.54 Å². The summed E-state index contributed by atoms with van der Waals surface area (Å²) in [5, 5.41) is 15.9. The molecule has 0 aliphatic rings. The van der Waals surface area contributed by atoms with Crippen LogP contribution in [0.15, 0.2) is 0 Å². The number of carbonyl (C=O) groups excluding carboxylic acids is 2. The number of hydrogen-bond acceptors (Lipinski definition) is 3. The molecular weight excluding hydrogens is 238 g/mol. The lowest BCUT2D eigenvalue weighted by molar-refractivity contribution is -0.139. The average molecular weight is 259 g/mol. The van der Waals surface area contributed by atoms with Gasteiger partial charge in [-0.3, -0.25) is 4.79 Å². The molecule has 0 aromatic carbocycles. The number of carbonyl (C=O) groups is 3. The molecule has 0 spiro atoms. The van der Waals surface area contributed by atoms with Crippen molar-refractivity contribution < 1.29 is 19.5 Å². The molecule has 0 saturated heterocycles. The van der Waals surface area contributed by atoms with Crippen LogP contribution in [0.5, 0.6) is 0 Å². The number of carboxylic acids is 1. The van der Waals surface area contributed by atoms with Gasteiger partial charge in [0, 0.05) is 6.54 Å². The molecule has 3 amide bonds. The number of nitrogens with one attached hydrogen (secondary N) is 3. The lowest BCUT2D eigenvalue weighted by atomic mass is 10.2. The first-order chi connectivity index (χ1) is 8.36.